The van der Waals surface area contributed by atoms with E-state index in [0.29, 0.717) is 0 Å². The Balaban J connectivity index is 1.30. The minimum Gasteiger partial charge on any atom is -0.454 e. The molecule has 4 nitrogen and oxygen atoms in total. The van der Waals surface area contributed by atoms with Gasteiger partial charge in [-0.2, -0.15) is 0 Å². The summed E-state index contributed by atoms with van der Waals surface area (Å²) >= 11 is 0. The Morgan fingerprint density at radius 2 is 1.13 bits per heavy atom. The van der Waals surface area contributed by atoms with Crippen molar-refractivity contribution in [2.24, 2.45) is 0 Å². The van der Waals surface area contributed by atoms with Crippen molar-refractivity contribution in [3.63, 3.8) is 0 Å². The maximum absolute atomic E-state index is 7.02. The van der Waals surface area contributed by atoms with E-state index in [2.05, 4.69) is 181 Å². The molecular weight excluding hydrogens is 671 g/mol. The van der Waals surface area contributed by atoms with E-state index < -0.39 is 0 Å². The zero-order chi connectivity index (χ0) is 37.9. The lowest BCUT2D eigenvalue weighted by Crippen LogP contribution is -2.60. The molecule has 2 aliphatic rings. The van der Waals surface area contributed by atoms with Gasteiger partial charge in [-0.1, -0.05) is 135 Å². The molecule has 6 aromatic carbocycles. The van der Waals surface area contributed by atoms with Gasteiger partial charge in [0.2, 0.25) is 5.71 Å². The fourth-order valence-corrected chi connectivity index (χ4v) is 9.49. The van der Waals surface area contributed by atoms with E-state index in [4.69, 9.17) is 8.83 Å². The monoisotopic (exact) mass is 716 g/mol. The standard InChI is InChI=1S/C50H45BN2O2/c1-48(2,3)28-21-23-35-38(24-28)52(37-18-13-15-32-31-22-20-29(49(4,5)6)27-42(31)54-46(32)37)39-25-30(50(7,8)9)26-40-44(39)51(35)36-17-12-16-34-43-33-14-10-11-19-41(33)55-47(43)53(40)45(34)36/h10-27H,1-9H3. The summed E-state index contributed by atoms with van der Waals surface area (Å²) in [6.07, 6.45) is 0. The summed E-state index contributed by atoms with van der Waals surface area (Å²) in [4.78, 5) is 2.52. The largest absolute Gasteiger partial charge is 0.454 e. The third kappa shape index (κ3) is 4.41. The van der Waals surface area contributed by atoms with Gasteiger partial charge in [0.1, 0.15) is 11.2 Å². The van der Waals surface area contributed by atoms with Crippen molar-refractivity contribution < 1.29 is 8.83 Å². The molecule has 9 aromatic rings. The van der Waals surface area contributed by atoms with E-state index >= 15 is 0 Å². The number of rotatable bonds is 1. The van der Waals surface area contributed by atoms with Gasteiger partial charge < -0.3 is 13.7 Å². The van der Waals surface area contributed by atoms with Gasteiger partial charge in [0.15, 0.2) is 5.58 Å². The van der Waals surface area contributed by atoms with Gasteiger partial charge in [0.05, 0.1) is 16.6 Å². The van der Waals surface area contributed by atoms with Crippen LogP contribution in [0.1, 0.15) is 79.0 Å². The number of fused-ring (bicyclic) bond motifs is 12. The SMILES string of the molecule is CC(C)(C)c1ccc2c(c1)N(c1cccc3c1oc1cc(C(C)(C)C)ccc13)c1cc(C(C)(C)C)cc3c1B2c1cccc2c4c5ccccc5oc4n-3c12. The number of hydrogen-bond donors (Lipinski definition) is 0. The Bertz CT molecular complexity index is 3120. The number of para-hydroxylation sites is 3. The second kappa shape index (κ2) is 10.5. The first-order chi connectivity index (χ1) is 26.2. The van der Waals surface area contributed by atoms with Crippen LogP contribution in [0.3, 0.4) is 0 Å². The molecule has 0 bridgehead atoms. The molecule has 5 heterocycles. The molecule has 0 aliphatic carbocycles. The zero-order valence-corrected chi connectivity index (χ0v) is 33.2. The van der Waals surface area contributed by atoms with Gasteiger partial charge in [-0.25, -0.2) is 0 Å². The number of nitrogens with zero attached hydrogens (tertiary/aromatic N) is 2. The number of hydrogen-bond acceptors (Lipinski definition) is 3. The number of furan rings is 2. The first kappa shape index (κ1) is 32.7. The van der Waals surface area contributed by atoms with Gasteiger partial charge >= 0.3 is 0 Å². The minimum absolute atomic E-state index is 0.0120. The maximum atomic E-state index is 7.02. The highest BCUT2D eigenvalue weighted by Gasteiger charge is 2.44. The molecule has 270 valence electrons. The summed E-state index contributed by atoms with van der Waals surface area (Å²) in [6, 6.07) is 40.9. The summed E-state index contributed by atoms with van der Waals surface area (Å²) in [7, 11) is 0. The second-order valence-electron chi connectivity index (χ2n) is 19.0. The quantitative estimate of drug-likeness (QED) is 0.159. The molecule has 5 heteroatoms. The van der Waals surface area contributed by atoms with Crippen LogP contribution in [0.25, 0.3) is 60.6 Å². The molecule has 11 rings (SSSR count). The smallest absolute Gasteiger partial charge is 0.252 e. The summed E-state index contributed by atoms with van der Waals surface area (Å²) in [6.45, 7) is 20.7. The van der Waals surface area contributed by atoms with Gasteiger partial charge in [-0.3, -0.25) is 4.57 Å². The Kier molecular flexibility index (Phi) is 6.27. The first-order valence-electron chi connectivity index (χ1n) is 19.7. The lowest BCUT2D eigenvalue weighted by Gasteiger charge is -2.41. The van der Waals surface area contributed by atoms with Gasteiger partial charge in [-0.15, -0.1) is 0 Å². The van der Waals surface area contributed by atoms with Crippen molar-refractivity contribution in [2.45, 2.75) is 78.6 Å². The Morgan fingerprint density at radius 3 is 1.91 bits per heavy atom. The summed E-state index contributed by atoms with van der Waals surface area (Å²) < 4.78 is 16.3. The Labute approximate surface area is 322 Å². The number of aromatic nitrogens is 1. The highest BCUT2D eigenvalue weighted by molar-refractivity contribution is 7.00. The highest BCUT2D eigenvalue weighted by Crippen LogP contribution is 2.48. The summed E-state index contributed by atoms with van der Waals surface area (Å²) in [5.74, 6) is 0. The number of anilines is 3. The summed E-state index contributed by atoms with van der Waals surface area (Å²) in [5, 5.41) is 5.85. The number of benzene rings is 6. The summed E-state index contributed by atoms with van der Waals surface area (Å²) in [5.41, 5.74) is 17.1. The molecule has 3 aromatic heterocycles. The molecule has 0 spiro atoms. The Morgan fingerprint density at radius 1 is 0.473 bits per heavy atom. The van der Waals surface area contributed by atoms with Crippen LogP contribution >= 0.6 is 0 Å². The van der Waals surface area contributed by atoms with E-state index in [0.717, 1.165) is 44.3 Å². The molecule has 2 aliphatic heterocycles. The predicted molar refractivity (Wildman–Crippen MR) is 233 cm³/mol. The van der Waals surface area contributed by atoms with E-state index in [1.807, 2.05) is 0 Å². The van der Waals surface area contributed by atoms with E-state index in [1.165, 1.54) is 66.4 Å². The molecule has 0 N–H and O–H groups in total. The first-order valence-corrected chi connectivity index (χ1v) is 19.7. The third-order valence-corrected chi connectivity index (χ3v) is 12.5. The average Bonchev–Trinajstić information content (AvgIpc) is 3.81. The van der Waals surface area contributed by atoms with Crippen molar-refractivity contribution in [1.82, 2.24) is 4.57 Å². The van der Waals surface area contributed by atoms with E-state index in [1.54, 1.807) is 0 Å². The second-order valence-corrected chi connectivity index (χ2v) is 19.0. The lowest BCUT2D eigenvalue weighted by atomic mass is 9.33. The molecule has 0 amide bonds. The van der Waals surface area contributed by atoms with Crippen LogP contribution in [0.5, 0.6) is 0 Å². The Hall–Kier alpha value is -5.68. The van der Waals surface area contributed by atoms with Crippen LogP contribution in [-0.2, 0) is 16.2 Å². The predicted octanol–water partition coefficient (Wildman–Crippen LogP) is 11.9. The minimum atomic E-state index is -0.120. The van der Waals surface area contributed by atoms with Crippen LogP contribution in [0.15, 0.2) is 118 Å². The highest BCUT2D eigenvalue weighted by atomic mass is 16.3. The maximum Gasteiger partial charge on any atom is 0.252 e. The topological polar surface area (TPSA) is 34.5 Å². The van der Waals surface area contributed by atoms with Gasteiger partial charge in [-0.05, 0) is 85.7 Å². The fraction of sp³-hybridized carbons (Fsp3) is 0.240. The van der Waals surface area contributed by atoms with E-state index in [-0.39, 0.29) is 23.0 Å². The van der Waals surface area contributed by atoms with Crippen LogP contribution < -0.4 is 21.3 Å². The molecular formula is C50H45BN2O2. The molecule has 0 radical (unpaired) electrons. The van der Waals surface area contributed by atoms with Crippen LogP contribution in [0.4, 0.5) is 17.1 Å². The average molecular weight is 717 g/mol. The van der Waals surface area contributed by atoms with Crippen LogP contribution in [0, 0.1) is 0 Å². The molecule has 0 fully saturated rings. The molecule has 0 atom stereocenters. The normalized spacial score (nSPS) is 14.2. The van der Waals surface area contributed by atoms with Crippen LogP contribution in [0.2, 0.25) is 0 Å². The van der Waals surface area contributed by atoms with Crippen molar-refractivity contribution in [2.75, 3.05) is 4.90 Å². The van der Waals surface area contributed by atoms with Crippen molar-refractivity contribution in [1.29, 1.82) is 0 Å². The molecule has 0 saturated carbocycles. The van der Waals surface area contributed by atoms with E-state index in [9.17, 15) is 0 Å². The van der Waals surface area contributed by atoms with Gasteiger partial charge in [0.25, 0.3) is 6.71 Å². The molecule has 0 saturated heterocycles. The van der Waals surface area contributed by atoms with Crippen LogP contribution in [-0.4, -0.2) is 11.3 Å². The van der Waals surface area contributed by atoms with Crippen molar-refractivity contribution in [3.8, 4) is 5.69 Å². The van der Waals surface area contributed by atoms with Gasteiger partial charge in [0, 0.05) is 38.6 Å². The van der Waals surface area contributed by atoms with Crippen molar-refractivity contribution >= 4 is 95.1 Å². The lowest BCUT2D eigenvalue weighted by molar-refractivity contribution is 0.587. The fourth-order valence-electron chi connectivity index (χ4n) is 9.49. The molecule has 0 unspecified atom stereocenters. The zero-order valence-electron chi connectivity index (χ0n) is 33.2. The molecule has 55 heavy (non-hydrogen) atoms. The third-order valence-electron chi connectivity index (χ3n) is 12.5. The van der Waals surface area contributed by atoms with Crippen molar-refractivity contribution in [3.05, 3.63) is 126 Å².